The summed E-state index contributed by atoms with van der Waals surface area (Å²) < 4.78 is 0. The maximum absolute atomic E-state index is 14.1. The van der Waals surface area contributed by atoms with Gasteiger partial charge in [0.05, 0.1) is 29.2 Å². The molecule has 2 aliphatic rings. The number of anilines is 1. The van der Waals surface area contributed by atoms with Crippen molar-refractivity contribution in [2.24, 2.45) is 17.6 Å². The highest BCUT2D eigenvalue weighted by molar-refractivity contribution is 6.25. The Morgan fingerprint density at radius 3 is 2.26 bits per heavy atom. The molecule has 0 aromatic heterocycles. The predicted molar refractivity (Wildman–Crippen MR) is 139 cm³/mol. The van der Waals surface area contributed by atoms with Gasteiger partial charge in [-0.3, -0.25) is 19.7 Å². The summed E-state index contributed by atoms with van der Waals surface area (Å²) in [4.78, 5) is 53.5. The Hall–Kier alpha value is -4.23. The van der Waals surface area contributed by atoms with Crippen LogP contribution in [0, 0.1) is 23.2 Å². The van der Waals surface area contributed by atoms with Gasteiger partial charge in [-0.2, -0.15) is 5.26 Å². The number of hydrogen-bond acceptors (Lipinski definition) is 6. The Labute approximate surface area is 220 Å². The van der Waals surface area contributed by atoms with Crippen molar-refractivity contribution >= 4 is 29.5 Å². The molecular formula is C28H31N5O5. The lowest BCUT2D eigenvalue weighted by Crippen LogP contribution is -2.56. The van der Waals surface area contributed by atoms with Crippen LogP contribution >= 0.6 is 0 Å². The minimum atomic E-state index is -1.75. The smallest absolute Gasteiger partial charge is 0.324 e. The number of imide groups is 1. The van der Waals surface area contributed by atoms with E-state index in [0.29, 0.717) is 29.7 Å². The first kappa shape index (κ1) is 26.8. The zero-order valence-electron chi connectivity index (χ0n) is 21.4. The average Bonchev–Trinajstić information content (AvgIpc) is 3.39. The number of carbonyl (C=O) groups is 4. The minimum absolute atomic E-state index is 0.0144. The van der Waals surface area contributed by atoms with Crippen molar-refractivity contribution in [2.45, 2.75) is 51.1 Å². The highest BCUT2D eigenvalue weighted by Crippen LogP contribution is 2.52. The highest BCUT2D eigenvalue weighted by Gasteiger charge is 2.68. The lowest BCUT2D eigenvalue weighted by Gasteiger charge is -2.32. The fourth-order valence-electron chi connectivity index (χ4n) is 5.89. The Kier molecular flexibility index (Phi) is 7.51. The standard InChI is InChI=1S/C28H31N5O5/c1-3-17-7-5-8-18(4-2)23(17)33-24(34)20-21(25(33)35)28(26(36)37,13-6-14-31-27(30)38)32-22(20)19-11-9-16(15-29)10-12-19/h5,7-12,20-22,32H,3-4,6,13-14H2,1-2H3,(H,36,37)(H3,30,31,38). The van der Waals surface area contributed by atoms with Crippen LogP contribution in [0.15, 0.2) is 42.5 Å². The van der Waals surface area contributed by atoms with Crippen molar-refractivity contribution in [3.63, 3.8) is 0 Å². The minimum Gasteiger partial charge on any atom is -0.480 e. The maximum Gasteiger partial charge on any atom is 0.324 e. The monoisotopic (exact) mass is 517 g/mol. The number of primary amides is 1. The van der Waals surface area contributed by atoms with Crippen molar-refractivity contribution in [3.05, 3.63) is 64.7 Å². The second-order valence-electron chi connectivity index (χ2n) is 9.67. The number of aryl methyl sites for hydroxylation is 2. The maximum atomic E-state index is 14.1. The summed E-state index contributed by atoms with van der Waals surface area (Å²) in [6.07, 6.45) is 1.39. The van der Waals surface area contributed by atoms with Crippen molar-refractivity contribution in [3.8, 4) is 6.07 Å². The van der Waals surface area contributed by atoms with Gasteiger partial charge in [0.2, 0.25) is 11.8 Å². The molecule has 0 saturated carbocycles. The first-order chi connectivity index (χ1) is 18.2. The van der Waals surface area contributed by atoms with Crippen molar-refractivity contribution < 1.29 is 24.3 Å². The second-order valence-corrected chi connectivity index (χ2v) is 9.67. The molecule has 10 nitrogen and oxygen atoms in total. The van der Waals surface area contributed by atoms with E-state index in [4.69, 9.17) is 5.73 Å². The first-order valence-electron chi connectivity index (χ1n) is 12.7. The molecule has 2 aromatic rings. The molecule has 4 rings (SSSR count). The van der Waals surface area contributed by atoms with Gasteiger partial charge in [0.1, 0.15) is 5.54 Å². The lowest BCUT2D eigenvalue weighted by molar-refractivity contribution is -0.149. The predicted octanol–water partition coefficient (Wildman–Crippen LogP) is 2.41. The molecule has 0 spiro atoms. The molecule has 2 saturated heterocycles. The van der Waals surface area contributed by atoms with Crippen LogP contribution < -0.4 is 21.3 Å². The van der Waals surface area contributed by atoms with Crippen LogP contribution in [-0.4, -0.2) is 41.0 Å². The molecule has 4 atom stereocenters. The van der Waals surface area contributed by atoms with E-state index in [1.807, 2.05) is 32.0 Å². The van der Waals surface area contributed by atoms with Crippen LogP contribution in [0.3, 0.4) is 0 Å². The van der Waals surface area contributed by atoms with E-state index in [2.05, 4.69) is 16.7 Å². The van der Waals surface area contributed by atoms with E-state index in [-0.39, 0.29) is 19.4 Å². The molecule has 5 N–H and O–H groups in total. The number of para-hydroxylation sites is 1. The number of nitrogens with one attached hydrogen (secondary N) is 2. The molecule has 10 heteroatoms. The van der Waals surface area contributed by atoms with Gasteiger partial charge in [0.15, 0.2) is 0 Å². The van der Waals surface area contributed by atoms with Crippen LogP contribution in [0.2, 0.25) is 0 Å². The molecule has 0 radical (unpaired) electrons. The molecule has 2 fully saturated rings. The lowest BCUT2D eigenvalue weighted by atomic mass is 9.77. The quantitative estimate of drug-likeness (QED) is 0.293. The molecule has 4 amide bonds. The van der Waals surface area contributed by atoms with E-state index in [1.54, 1.807) is 24.3 Å². The average molecular weight is 518 g/mol. The Morgan fingerprint density at radius 2 is 1.74 bits per heavy atom. The van der Waals surface area contributed by atoms with Gasteiger partial charge >= 0.3 is 12.0 Å². The topological polar surface area (TPSA) is 166 Å². The van der Waals surface area contributed by atoms with E-state index < -0.39 is 47.2 Å². The van der Waals surface area contributed by atoms with Crippen LogP contribution in [-0.2, 0) is 27.2 Å². The third-order valence-electron chi connectivity index (χ3n) is 7.67. The third kappa shape index (κ3) is 4.39. The van der Waals surface area contributed by atoms with Crippen molar-refractivity contribution in [2.75, 3.05) is 11.4 Å². The number of fused-ring (bicyclic) bond motifs is 1. The summed E-state index contributed by atoms with van der Waals surface area (Å²) in [5, 5.41) is 25.3. The molecule has 0 bridgehead atoms. The van der Waals surface area contributed by atoms with E-state index in [9.17, 15) is 29.5 Å². The van der Waals surface area contributed by atoms with Crippen molar-refractivity contribution in [1.82, 2.24) is 10.6 Å². The SMILES string of the molecule is CCc1cccc(CC)c1N1C(=O)C2C(c3ccc(C#N)cc3)NC(CCCNC(N)=O)(C(=O)O)C2C1=O. The van der Waals surface area contributed by atoms with Crippen LogP contribution in [0.25, 0.3) is 0 Å². The Morgan fingerprint density at radius 1 is 1.11 bits per heavy atom. The van der Waals surface area contributed by atoms with Gasteiger partial charge in [-0.25, -0.2) is 9.69 Å². The van der Waals surface area contributed by atoms with E-state index >= 15 is 0 Å². The molecule has 198 valence electrons. The zero-order valence-corrected chi connectivity index (χ0v) is 21.4. The molecule has 0 aliphatic carbocycles. The Balaban J connectivity index is 1.84. The summed E-state index contributed by atoms with van der Waals surface area (Å²) in [6.45, 7) is 4.01. The number of carbonyl (C=O) groups excluding carboxylic acids is 3. The summed E-state index contributed by atoms with van der Waals surface area (Å²) in [5.74, 6) is -4.38. The summed E-state index contributed by atoms with van der Waals surface area (Å²) in [6, 6.07) is 12.7. The number of benzene rings is 2. The number of nitriles is 1. The number of carboxylic acids is 1. The number of rotatable bonds is 9. The number of amides is 4. The summed E-state index contributed by atoms with van der Waals surface area (Å²) >= 11 is 0. The highest BCUT2D eigenvalue weighted by atomic mass is 16.4. The molecular weight excluding hydrogens is 486 g/mol. The molecule has 2 aromatic carbocycles. The zero-order chi connectivity index (χ0) is 27.6. The Bertz CT molecular complexity index is 1300. The van der Waals surface area contributed by atoms with E-state index in [1.165, 1.54) is 4.90 Å². The molecule has 4 unspecified atom stereocenters. The van der Waals surface area contributed by atoms with Crippen molar-refractivity contribution in [1.29, 1.82) is 5.26 Å². The van der Waals surface area contributed by atoms with Gasteiger partial charge < -0.3 is 16.2 Å². The summed E-state index contributed by atoms with van der Waals surface area (Å²) in [5.41, 5.74) is 6.64. The van der Waals surface area contributed by atoms with Gasteiger partial charge in [-0.1, -0.05) is 44.2 Å². The van der Waals surface area contributed by atoms with Gasteiger partial charge in [-0.05, 0) is 54.5 Å². The largest absolute Gasteiger partial charge is 0.480 e. The van der Waals surface area contributed by atoms with Gasteiger partial charge in [0.25, 0.3) is 0 Å². The van der Waals surface area contributed by atoms with Crippen LogP contribution in [0.1, 0.15) is 55.0 Å². The molecule has 38 heavy (non-hydrogen) atoms. The number of nitrogens with zero attached hydrogens (tertiary/aromatic N) is 2. The molecule has 2 aliphatic heterocycles. The second kappa shape index (κ2) is 10.6. The van der Waals surface area contributed by atoms with Gasteiger partial charge in [0, 0.05) is 12.6 Å². The van der Waals surface area contributed by atoms with E-state index in [0.717, 1.165) is 11.1 Å². The number of hydrogen-bond donors (Lipinski definition) is 4. The number of carboxylic acid groups (broad SMARTS) is 1. The number of urea groups is 1. The number of aliphatic carboxylic acids is 1. The normalized spacial score (nSPS) is 24.2. The third-order valence-corrected chi connectivity index (χ3v) is 7.67. The van der Waals surface area contributed by atoms with Crippen LogP contribution in [0.4, 0.5) is 10.5 Å². The fraction of sp³-hybridized carbons (Fsp3) is 0.393. The van der Waals surface area contributed by atoms with Gasteiger partial charge in [-0.15, -0.1) is 0 Å². The molecule has 2 heterocycles. The summed E-state index contributed by atoms with van der Waals surface area (Å²) in [7, 11) is 0. The number of nitrogens with two attached hydrogens (primary N) is 1. The van der Waals surface area contributed by atoms with Crippen LogP contribution in [0.5, 0.6) is 0 Å². The fourth-order valence-corrected chi connectivity index (χ4v) is 5.89. The first-order valence-corrected chi connectivity index (χ1v) is 12.7.